The van der Waals surface area contributed by atoms with Crippen molar-refractivity contribution in [1.82, 2.24) is 4.90 Å². The molecule has 1 heterocycles. The molecule has 0 aromatic heterocycles. The number of ether oxygens (including phenoxy) is 1. The van der Waals surface area contributed by atoms with Crippen LogP contribution in [-0.2, 0) is 0 Å². The number of nitrogens with two attached hydrogens (primary N) is 2. The first-order chi connectivity index (χ1) is 9.08. The van der Waals surface area contributed by atoms with E-state index < -0.39 is 5.91 Å². The van der Waals surface area contributed by atoms with Crippen molar-refractivity contribution in [2.75, 3.05) is 25.9 Å². The van der Waals surface area contributed by atoms with E-state index in [1.54, 1.807) is 18.2 Å². The number of carbonyl (C=O) groups excluding carboxylic acids is 1. The number of nitrogen functional groups attached to an aromatic ring is 1. The van der Waals surface area contributed by atoms with Gasteiger partial charge in [-0.3, -0.25) is 4.79 Å². The van der Waals surface area contributed by atoms with Crippen LogP contribution in [0, 0.1) is 0 Å². The summed E-state index contributed by atoms with van der Waals surface area (Å²) in [5.41, 5.74) is 12.0. The summed E-state index contributed by atoms with van der Waals surface area (Å²) in [6, 6.07) is 5.28. The first-order valence-corrected chi connectivity index (χ1v) is 6.60. The molecule has 1 fully saturated rings. The molecule has 1 amide bonds. The zero-order valence-corrected chi connectivity index (χ0v) is 11.3. The molecule has 1 aromatic carbocycles. The average Bonchev–Trinajstić information content (AvgIpc) is 2.39. The highest BCUT2D eigenvalue weighted by molar-refractivity contribution is 5.93. The zero-order chi connectivity index (χ0) is 13.8. The molecule has 1 aliphatic rings. The molecule has 4 N–H and O–H groups in total. The molecule has 0 saturated carbocycles. The normalized spacial score (nSPS) is 20.2. The number of primary amides is 1. The highest BCUT2D eigenvalue weighted by Gasteiger charge is 2.19. The largest absolute Gasteiger partial charge is 0.490 e. The Kier molecular flexibility index (Phi) is 4.27. The standard InChI is InChI=1S/C14H21N3O2/c1-17-7-3-2-4-11(17)9-19-13-8-10(14(16)18)5-6-12(13)15/h5-6,8,11H,2-4,7,9,15H2,1H3,(H2,16,18). The number of likely N-dealkylation sites (N-methyl/N-ethyl adjacent to an activating group) is 1. The second-order valence-electron chi connectivity index (χ2n) is 5.06. The first-order valence-electron chi connectivity index (χ1n) is 6.60. The summed E-state index contributed by atoms with van der Waals surface area (Å²) in [6.45, 7) is 1.69. The summed E-state index contributed by atoms with van der Waals surface area (Å²) >= 11 is 0. The van der Waals surface area contributed by atoms with Crippen LogP contribution >= 0.6 is 0 Å². The van der Waals surface area contributed by atoms with Gasteiger partial charge in [-0.05, 0) is 44.6 Å². The number of amides is 1. The summed E-state index contributed by atoms with van der Waals surface area (Å²) in [5, 5.41) is 0. The number of carbonyl (C=O) groups is 1. The van der Waals surface area contributed by atoms with E-state index in [9.17, 15) is 4.79 Å². The van der Waals surface area contributed by atoms with Crippen LogP contribution in [0.1, 0.15) is 29.6 Å². The van der Waals surface area contributed by atoms with Crippen molar-refractivity contribution in [2.24, 2.45) is 5.73 Å². The Balaban J connectivity index is 2.02. The Bertz CT molecular complexity index is 462. The van der Waals surface area contributed by atoms with Crippen molar-refractivity contribution in [3.63, 3.8) is 0 Å². The maximum absolute atomic E-state index is 11.1. The number of rotatable bonds is 4. The number of likely N-dealkylation sites (tertiary alicyclic amines) is 1. The van der Waals surface area contributed by atoms with E-state index in [2.05, 4.69) is 11.9 Å². The van der Waals surface area contributed by atoms with Gasteiger partial charge in [-0.15, -0.1) is 0 Å². The molecule has 0 radical (unpaired) electrons. The molecule has 1 atom stereocenters. The predicted octanol–water partition coefficient (Wildman–Crippen LogP) is 1.23. The van der Waals surface area contributed by atoms with Crippen LogP contribution in [0.2, 0.25) is 0 Å². The molecule has 1 unspecified atom stereocenters. The number of benzene rings is 1. The third-order valence-corrected chi connectivity index (χ3v) is 3.65. The molecule has 0 spiro atoms. The molecule has 1 saturated heterocycles. The maximum Gasteiger partial charge on any atom is 0.248 e. The molecule has 19 heavy (non-hydrogen) atoms. The van der Waals surface area contributed by atoms with Crippen molar-refractivity contribution >= 4 is 11.6 Å². The fourth-order valence-electron chi connectivity index (χ4n) is 2.35. The Labute approximate surface area is 113 Å². The van der Waals surface area contributed by atoms with Crippen LogP contribution < -0.4 is 16.2 Å². The maximum atomic E-state index is 11.1. The summed E-state index contributed by atoms with van der Waals surface area (Å²) in [6.07, 6.45) is 3.60. The lowest BCUT2D eigenvalue weighted by Crippen LogP contribution is -2.40. The van der Waals surface area contributed by atoms with Gasteiger partial charge in [0.25, 0.3) is 0 Å². The van der Waals surface area contributed by atoms with Crippen molar-refractivity contribution in [3.8, 4) is 5.75 Å². The number of hydrogen-bond acceptors (Lipinski definition) is 4. The van der Waals surface area contributed by atoms with Gasteiger partial charge >= 0.3 is 0 Å². The first kappa shape index (κ1) is 13.7. The van der Waals surface area contributed by atoms with Gasteiger partial charge in [0.2, 0.25) is 5.91 Å². The number of nitrogens with zero attached hydrogens (tertiary/aromatic N) is 1. The Morgan fingerprint density at radius 1 is 1.47 bits per heavy atom. The molecule has 2 rings (SSSR count). The van der Waals surface area contributed by atoms with Crippen LogP contribution in [-0.4, -0.2) is 37.0 Å². The van der Waals surface area contributed by atoms with Gasteiger partial charge < -0.3 is 21.1 Å². The van der Waals surface area contributed by atoms with Crippen LogP contribution in [0.4, 0.5) is 5.69 Å². The molecule has 1 aromatic rings. The lowest BCUT2D eigenvalue weighted by Gasteiger charge is -2.32. The van der Waals surface area contributed by atoms with Crippen LogP contribution in [0.5, 0.6) is 5.75 Å². The topological polar surface area (TPSA) is 81.6 Å². The quantitative estimate of drug-likeness (QED) is 0.801. The average molecular weight is 263 g/mol. The van der Waals surface area contributed by atoms with Crippen LogP contribution in [0.3, 0.4) is 0 Å². The summed E-state index contributed by atoms with van der Waals surface area (Å²) < 4.78 is 5.76. The van der Waals surface area contributed by atoms with E-state index >= 15 is 0 Å². The molecule has 1 aliphatic heterocycles. The number of hydrogen-bond donors (Lipinski definition) is 2. The minimum absolute atomic E-state index is 0.408. The lowest BCUT2D eigenvalue weighted by atomic mass is 10.0. The summed E-state index contributed by atoms with van der Waals surface area (Å²) in [4.78, 5) is 13.4. The predicted molar refractivity (Wildman–Crippen MR) is 75.1 cm³/mol. The Morgan fingerprint density at radius 3 is 2.95 bits per heavy atom. The molecule has 0 aliphatic carbocycles. The highest BCUT2D eigenvalue weighted by atomic mass is 16.5. The van der Waals surface area contributed by atoms with Crippen LogP contribution in [0.15, 0.2) is 18.2 Å². The van der Waals surface area contributed by atoms with Crippen molar-refractivity contribution in [3.05, 3.63) is 23.8 Å². The Hall–Kier alpha value is -1.75. The Morgan fingerprint density at radius 2 is 2.26 bits per heavy atom. The highest BCUT2D eigenvalue weighted by Crippen LogP contribution is 2.24. The van der Waals surface area contributed by atoms with Gasteiger partial charge in [0, 0.05) is 11.6 Å². The summed E-state index contributed by atoms with van der Waals surface area (Å²) in [7, 11) is 2.11. The third kappa shape index (κ3) is 3.38. The molecular formula is C14H21N3O2. The van der Waals surface area contributed by atoms with Gasteiger partial charge in [0.15, 0.2) is 0 Å². The van der Waals surface area contributed by atoms with Gasteiger partial charge in [0.1, 0.15) is 12.4 Å². The van der Waals surface area contributed by atoms with Crippen molar-refractivity contribution < 1.29 is 9.53 Å². The minimum Gasteiger partial charge on any atom is -0.490 e. The second-order valence-corrected chi connectivity index (χ2v) is 5.06. The van der Waals surface area contributed by atoms with Gasteiger partial charge in [-0.25, -0.2) is 0 Å². The SMILES string of the molecule is CN1CCCCC1COc1cc(C(N)=O)ccc1N. The molecule has 104 valence electrons. The smallest absolute Gasteiger partial charge is 0.248 e. The van der Waals surface area contributed by atoms with Gasteiger partial charge in [-0.2, -0.15) is 0 Å². The lowest BCUT2D eigenvalue weighted by molar-refractivity contribution is 0.0999. The van der Waals surface area contributed by atoms with Crippen molar-refractivity contribution in [1.29, 1.82) is 0 Å². The number of piperidine rings is 1. The fourth-order valence-corrected chi connectivity index (χ4v) is 2.35. The van der Waals surface area contributed by atoms with Crippen LogP contribution in [0.25, 0.3) is 0 Å². The van der Waals surface area contributed by atoms with E-state index in [0.717, 1.165) is 13.0 Å². The van der Waals surface area contributed by atoms with Gasteiger partial charge in [0.05, 0.1) is 5.69 Å². The van der Waals surface area contributed by atoms with E-state index in [0.29, 0.717) is 29.6 Å². The number of anilines is 1. The van der Waals surface area contributed by atoms with E-state index in [1.165, 1.54) is 12.8 Å². The molecule has 0 bridgehead atoms. The third-order valence-electron chi connectivity index (χ3n) is 3.65. The zero-order valence-electron chi connectivity index (χ0n) is 11.3. The molecule has 5 heteroatoms. The minimum atomic E-state index is -0.473. The molecule has 5 nitrogen and oxygen atoms in total. The van der Waals surface area contributed by atoms with E-state index in [1.807, 2.05) is 0 Å². The van der Waals surface area contributed by atoms with Crippen molar-refractivity contribution in [2.45, 2.75) is 25.3 Å². The second kappa shape index (κ2) is 5.93. The van der Waals surface area contributed by atoms with E-state index in [4.69, 9.17) is 16.2 Å². The molecular weight excluding hydrogens is 242 g/mol. The monoisotopic (exact) mass is 263 g/mol. The van der Waals surface area contributed by atoms with E-state index in [-0.39, 0.29) is 0 Å². The fraction of sp³-hybridized carbons (Fsp3) is 0.500. The van der Waals surface area contributed by atoms with Gasteiger partial charge in [-0.1, -0.05) is 6.42 Å². The summed E-state index contributed by atoms with van der Waals surface area (Å²) in [5.74, 6) is 0.0647.